The van der Waals surface area contributed by atoms with Gasteiger partial charge in [-0.2, -0.15) is 5.10 Å². The summed E-state index contributed by atoms with van der Waals surface area (Å²) in [5, 5.41) is 3.87. The Kier molecular flexibility index (Phi) is 6.73. The number of benzene rings is 2. The van der Waals surface area contributed by atoms with Crippen molar-refractivity contribution < 1.29 is 23.8 Å². The lowest BCUT2D eigenvalue weighted by Gasteiger charge is -2.08. The minimum absolute atomic E-state index is 0.143. The number of rotatable bonds is 7. The second-order valence-corrected chi connectivity index (χ2v) is 5.40. The van der Waals surface area contributed by atoms with Crippen LogP contribution in [0.3, 0.4) is 0 Å². The van der Waals surface area contributed by atoms with Gasteiger partial charge >= 0.3 is 5.97 Å². The van der Waals surface area contributed by atoms with Crippen LogP contribution in [0.5, 0.6) is 17.2 Å². The number of methoxy groups -OCH3 is 1. The minimum Gasteiger partial charge on any atom is -0.493 e. The minimum atomic E-state index is -0.439. The summed E-state index contributed by atoms with van der Waals surface area (Å²) in [4.78, 5) is 22.8. The highest BCUT2D eigenvalue weighted by Crippen LogP contribution is 2.27. The Morgan fingerprint density at radius 3 is 2.65 bits per heavy atom. The number of nitrogens with zero attached hydrogens (tertiary/aromatic N) is 1. The first-order valence-corrected chi connectivity index (χ1v) is 7.86. The highest BCUT2D eigenvalue weighted by Gasteiger charge is 2.07. The smallest absolute Gasteiger partial charge is 0.308 e. The molecule has 26 heavy (non-hydrogen) atoms. The van der Waals surface area contributed by atoms with E-state index >= 15 is 0 Å². The molecule has 0 saturated heterocycles. The highest BCUT2D eigenvalue weighted by molar-refractivity contribution is 5.84. The molecule has 0 aromatic heterocycles. The zero-order chi connectivity index (χ0) is 18.9. The van der Waals surface area contributed by atoms with Crippen molar-refractivity contribution in [2.75, 3.05) is 13.7 Å². The van der Waals surface area contributed by atoms with Gasteiger partial charge in [-0.05, 0) is 48.4 Å². The summed E-state index contributed by atoms with van der Waals surface area (Å²) in [6.07, 6.45) is 1.45. The molecule has 0 radical (unpaired) electrons. The van der Waals surface area contributed by atoms with Crippen molar-refractivity contribution in [2.45, 2.75) is 13.8 Å². The molecule has 2 aromatic rings. The first-order chi connectivity index (χ1) is 12.5. The first kappa shape index (κ1) is 19.0. The number of carbonyl (C=O) groups is 2. The van der Waals surface area contributed by atoms with Gasteiger partial charge in [0.25, 0.3) is 5.91 Å². The van der Waals surface area contributed by atoms with Crippen molar-refractivity contribution in [3.8, 4) is 17.2 Å². The van der Waals surface area contributed by atoms with Crippen LogP contribution < -0.4 is 19.6 Å². The lowest BCUT2D eigenvalue weighted by Crippen LogP contribution is -2.24. The van der Waals surface area contributed by atoms with E-state index in [1.165, 1.54) is 20.2 Å². The molecule has 0 atom stereocenters. The van der Waals surface area contributed by atoms with Crippen LogP contribution >= 0.6 is 0 Å². The molecule has 0 unspecified atom stereocenters. The molecular formula is C19H20N2O5. The summed E-state index contributed by atoms with van der Waals surface area (Å²) < 4.78 is 15.6. The molecule has 2 aromatic carbocycles. The molecule has 7 nitrogen and oxygen atoms in total. The van der Waals surface area contributed by atoms with Crippen LogP contribution in [0.25, 0.3) is 0 Å². The van der Waals surface area contributed by atoms with Gasteiger partial charge in [0.1, 0.15) is 5.75 Å². The quantitative estimate of drug-likeness (QED) is 0.356. The van der Waals surface area contributed by atoms with Gasteiger partial charge < -0.3 is 14.2 Å². The number of ether oxygens (including phenoxy) is 3. The number of hydrazone groups is 1. The molecule has 1 N–H and O–H groups in total. The van der Waals surface area contributed by atoms with E-state index < -0.39 is 5.97 Å². The fourth-order valence-corrected chi connectivity index (χ4v) is 2.07. The van der Waals surface area contributed by atoms with E-state index in [1.54, 1.807) is 24.3 Å². The summed E-state index contributed by atoms with van der Waals surface area (Å²) in [5.41, 5.74) is 4.09. The molecule has 136 valence electrons. The maximum absolute atomic E-state index is 11.8. The second-order valence-electron chi connectivity index (χ2n) is 5.40. The van der Waals surface area contributed by atoms with Gasteiger partial charge in [-0.3, -0.25) is 9.59 Å². The molecule has 0 aliphatic heterocycles. The van der Waals surface area contributed by atoms with Crippen molar-refractivity contribution in [1.82, 2.24) is 5.43 Å². The molecule has 0 saturated carbocycles. The zero-order valence-electron chi connectivity index (χ0n) is 14.8. The van der Waals surface area contributed by atoms with E-state index in [0.717, 1.165) is 5.56 Å². The van der Waals surface area contributed by atoms with Crippen LogP contribution in [0, 0.1) is 6.92 Å². The SMILES string of the molecule is COc1cc(C=NNC(=O)COc2cccc(C)c2)ccc1OC(C)=O. The van der Waals surface area contributed by atoms with Crippen molar-refractivity contribution in [1.29, 1.82) is 0 Å². The molecule has 0 heterocycles. The number of amides is 1. The van der Waals surface area contributed by atoms with Crippen LogP contribution in [0.15, 0.2) is 47.6 Å². The maximum atomic E-state index is 11.8. The fraction of sp³-hybridized carbons (Fsp3) is 0.211. The van der Waals surface area contributed by atoms with Crippen LogP contribution in [0.1, 0.15) is 18.1 Å². The van der Waals surface area contributed by atoms with Gasteiger partial charge in [0.15, 0.2) is 18.1 Å². The Labute approximate surface area is 151 Å². The van der Waals surface area contributed by atoms with Gasteiger partial charge in [-0.25, -0.2) is 5.43 Å². The lowest BCUT2D eigenvalue weighted by atomic mass is 10.2. The molecule has 0 aliphatic carbocycles. The summed E-state index contributed by atoms with van der Waals surface area (Å²) in [6, 6.07) is 12.3. The van der Waals surface area contributed by atoms with E-state index in [0.29, 0.717) is 22.8 Å². The van der Waals surface area contributed by atoms with E-state index in [-0.39, 0.29) is 12.5 Å². The predicted molar refractivity (Wildman–Crippen MR) is 96.7 cm³/mol. The van der Waals surface area contributed by atoms with E-state index in [4.69, 9.17) is 14.2 Å². The van der Waals surface area contributed by atoms with Crippen LogP contribution in [-0.4, -0.2) is 31.8 Å². The molecule has 0 aliphatic rings. The Morgan fingerprint density at radius 2 is 1.96 bits per heavy atom. The first-order valence-electron chi connectivity index (χ1n) is 7.86. The molecule has 7 heteroatoms. The van der Waals surface area contributed by atoms with Crippen molar-refractivity contribution >= 4 is 18.1 Å². The van der Waals surface area contributed by atoms with Gasteiger partial charge in [0.2, 0.25) is 0 Å². The Morgan fingerprint density at radius 1 is 1.15 bits per heavy atom. The van der Waals surface area contributed by atoms with Gasteiger partial charge in [0, 0.05) is 6.92 Å². The van der Waals surface area contributed by atoms with E-state index in [1.807, 2.05) is 25.1 Å². The topological polar surface area (TPSA) is 86.2 Å². The molecule has 2 rings (SSSR count). The number of nitrogens with one attached hydrogen (secondary N) is 1. The number of carbonyl (C=O) groups excluding carboxylic acids is 2. The lowest BCUT2D eigenvalue weighted by molar-refractivity contribution is -0.132. The third kappa shape index (κ3) is 5.94. The fourth-order valence-electron chi connectivity index (χ4n) is 2.07. The van der Waals surface area contributed by atoms with Crippen LogP contribution in [0.4, 0.5) is 0 Å². The molecule has 1 amide bonds. The summed E-state index contributed by atoms with van der Waals surface area (Å²) in [5.74, 6) is 0.498. The van der Waals surface area contributed by atoms with Gasteiger partial charge in [-0.1, -0.05) is 12.1 Å². The number of hydrogen-bond donors (Lipinski definition) is 1. The van der Waals surface area contributed by atoms with Gasteiger partial charge in [0.05, 0.1) is 13.3 Å². The summed E-state index contributed by atoms with van der Waals surface area (Å²) in [6.45, 7) is 3.11. The van der Waals surface area contributed by atoms with E-state index in [2.05, 4.69) is 10.5 Å². The molecule has 0 spiro atoms. The second kappa shape index (κ2) is 9.22. The van der Waals surface area contributed by atoms with Gasteiger partial charge in [-0.15, -0.1) is 0 Å². The maximum Gasteiger partial charge on any atom is 0.308 e. The predicted octanol–water partition coefficient (Wildman–Crippen LogP) is 2.46. The summed E-state index contributed by atoms with van der Waals surface area (Å²) in [7, 11) is 1.47. The molecular weight excluding hydrogens is 336 g/mol. The average Bonchev–Trinajstić information content (AvgIpc) is 2.61. The average molecular weight is 356 g/mol. The Hall–Kier alpha value is -3.35. The number of hydrogen-bond acceptors (Lipinski definition) is 6. The Bertz CT molecular complexity index is 817. The van der Waals surface area contributed by atoms with E-state index in [9.17, 15) is 9.59 Å². The van der Waals surface area contributed by atoms with Crippen LogP contribution in [0.2, 0.25) is 0 Å². The standard InChI is InChI=1S/C19H20N2O5/c1-13-5-4-6-16(9-13)25-12-19(23)21-20-11-15-7-8-17(26-14(2)22)18(10-15)24-3/h4-11H,12H2,1-3H3,(H,21,23). The third-order valence-electron chi connectivity index (χ3n) is 3.20. The van der Waals surface area contributed by atoms with Crippen molar-refractivity contribution in [3.05, 3.63) is 53.6 Å². The van der Waals surface area contributed by atoms with Crippen molar-refractivity contribution in [2.24, 2.45) is 5.10 Å². The Balaban J connectivity index is 1.89. The normalized spacial score (nSPS) is 10.4. The monoisotopic (exact) mass is 356 g/mol. The molecule has 0 fully saturated rings. The molecule has 0 bridgehead atoms. The van der Waals surface area contributed by atoms with Crippen molar-refractivity contribution in [3.63, 3.8) is 0 Å². The largest absolute Gasteiger partial charge is 0.493 e. The summed E-state index contributed by atoms with van der Waals surface area (Å²) >= 11 is 0. The highest BCUT2D eigenvalue weighted by atomic mass is 16.6. The van der Waals surface area contributed by atoms with Crippen LogP contribution in [-0.2, 0) is 9.59 Å². The third-order valence-corrected chi connectivity index (χ3v) is 3.20. The number of aryl methyl sites for hydroxylation is 1. The number of esters is 1. The zero-order valence-corrected chi connectivity index (χ0v) is 14.8.